The first-order valence-corrected chi connectivity index (χ1v) is 7.03. The van der Waals surface area contributed by atoms with Crippen LogP contribution in [0.25, 0.3) is 0 Å². The second-order valence-corrected chi connectivity index (χ2v) is 5.53. The van der Waals surface area contributed by atoms with E-state index in [9.17, 15) is 9.59 Å². The van der Waals surface area contributed by atoms with Gasteiger partial charge in [0, 0.05) is 22.7 Å². The Balaban J connectivity index is 2.12. The molecule has 1 saturated carbocycles. The Morgan fingerprint density at radius 1 is 1.35 bits per heavy atom. The molecular weight excluding hydrogens is 328 g/mol. The third-order valence-corrected chi connectivity index (χ3v) is 3.44. The maximum atomic E-state index is 12.1. The van der Waals surface area contributed by atoms with Crippen molar-refractivity contribution in [3.8, 4) is 0 Å². The second kappa shape index (κ2) is 6.23. The highest BCUT2D eigenvalue weighted by atomic mass is 79.9. The Bertz CT molecular complexity index is 531. The number of hydrogen-bond donors (Lipinski definition) is 3. The summed E-state index contributed by atoms with van der Waals surface area (Å²) < 4.78 is 0.577. The minimum atomic E-state index is -1.06. The van der Waals surface area contributed by atoms with Crippen molar-refractivity contribution in [2.75, 3.05) is 18.5 Å². The number of aliphatic hydroxyl groups excluding tert-OH is 1. The molecule has 0 aliphatic heterocycles. The van der Waals surface area contributed by atoms with E-state index >= 15 is 0 Å². The van der Waals surface area contributed by atoms with Gasteiger partial charge in [-0.05, 0) is 31.0 Å². The number of aliphatic hydroxyl groups is 1. The van der Waals surface area contributed by atoms with Gasteiger partial charge >= 0.3 is 12.0 Å². The molecule has 0 spiro atoms. The molecule has 1 aliphatic carbocycles. The van der Waals surface area contributed by atoms with E-state index in [4.69, 9.17) is 10.2 Å². The number of carboxylic acids is 1. The zero-order valence-electron chi connectivity index (χ0n) is 10.7. The van der Waals surface area contributed by atoms with Gasteiger partial charge in [0.1, 0.15) is 0 Å². The Hall–Kier alpha value is -1.60. The van der Waals surface area contributed by atoms with Crippen LogP contribution in [0.3, 0.4) is 0 Å². The summed E-state index contributed by atoms with van der Waals surface area (Å²) >= 11 is 3.21. The molecule has 2 rings (SSSR count). The monoisotopic (exact) mass is 342 g/mol. The molecule has 2 amide bonds. The number of carbonyl (C=O) groups excluding carboxylic acids is 1. The molecule has 0 radical (unpaired) electrons. The molecule has 0 unspecified atom stereocenters. The summed E-state index contributed by atoms with van der Waals surface area (Å²) in [5.74, 6) is -1.06. The normalized spacial score (nSPS) is 13.9. The highest BCUT2D eigenvalue weighted by molar-refractivity contribution is 9.10. The van der Waals surface area contributed by atoms with Crippen molar-refractivity contribution in [2.45, 2.75) is 18.9 Å². The van der Waals surface area contributed by atoms with Gasteiger partial charge < -0.3 is 20.4 Å². The van der Waals surface area contributed by atoms with Crippen LogP contribution in [0.15, 0.2) is 22.7 Å². The number of urea groups is 1. The molecule has 7 heteroatoms. The van der Waals surface area contributed by atoms with Crippen LogP contribution in [-0.2, 0) is 0 Å². The van der Waals surface area contributed by atoms with E-state index in [-0.39, 0.29) is 30.8 Å². The third kappa shape index (κ3) is 3.71. The highest BCUT2D eigenvalue weighted by Gasteiger charge is 2.32. The Morgan fingerprint density at radius 3 is 2.60 bits per heavy atom. The van der Waals surface area contributed by atoms with Crippen molar-refractivity contribution < 1.29 is 19.8 Å². The highest BCUT2D eigenvalue weighted by Crippen LogP contribution is 2.27. The molecule has 3 N–H and O–H groups in total. The third-order valence-electron chi connectivity index (χ3n) is 2.99. The Kier molecular flexibility index (Phi) is 4.61. The number of benzene rings is 1. The van der Waals surface area contributed by atoms with E-state index in [0.717, 1.165) is 12.8 Å². The average Bonchev–Trinajstić information content (AvgIpc) is 3.19. The van der Waals surface area contributed by atoms with Crippen molar-refractivity contribution in [2.24, 2.45) is 0 Å². The zero-order chi connectivity index (χ0) is 14.7. The molecule has 0 bridgehead atoms. The molecule has 1 aliphatic rings. The maximum Gasteiger partial charge on any atom is 0.335 e. The molecule has 0 heterocycles. The fourth-order valence-corrected chi connectivity index (χ4v) is 2.42. The number of amides is 2. The van der Waals surface area contributed by atoms with E-state index in [2.05, 4.69) is 21.2 Å². The summed E-state index contributed by atoms with van der Waals surface area (Å²) in [5.41, 5.74) is 0.500. The van der Waals surface area contributed by atoms with Gasteiger partial charge in [-0.3, -0.25) is 0 Å². The van der Waals surface area contributed by atoms with E-state index in [0.29, 0.717) is 10.2 Å². The van der Waals surface area contributed by atoms with Crippen molar-refractivity contribution >= 4 is 33.6 Å². The molecule has 0 aromatic heterocycles. The van der Waals surface area contributed by atoms with Gasteiger partial charge in [-0.25, -0.2) is 9.59 Å². The minimum Gasteiger partial charge on any atom is -0.478 e. The molecule has 0 atom stereocenters. The predicted molar refractivity (Wildman–Crippen MR) is 76.9 cm³/mol. The van der Waals surface area contributed by atoms with Gasteiger partial charge in [0.05, 0.1) is 12.2 Å². The lowest BCUT2D eigenvalue weighted by Crippen LogP contribution is -2.38. The SMILES string of the molecule is O=C(O)c1cc(Br)cc(NC(=O)N(CCO)C2CC2)c1. The molecular formula is C13H15BrN2O4. The largest absolute Gasteiger partial charge is 0.478 e. The number of nitrogens with zero attached hydrogens (tertiary/aromatic N) is 1. The number of halogens is 1. The molecule has 1 aromatic carbocycles. The lowest BCUT2D eigenvalue weighted by Gasteiger charge is -2.22. The van der Waals surface area contributed by atoms with E-state index < -0.39 is 5.97 Å². The van der Waals surface area contributed by atoms with Gasteiger partial charge in [0.15, 0.2) is 0 Å². The summed E-state index contributed by atoms with van der Waals surface area (Å²) in [6.07, 6.45) is 1.87. The number of nitrogens with one attached hydrogen (secondary N) is 1. The maximum absolute atomic E-state index is 12.1. The van der Waals surface area contributed by atoms with E-state index in [1.54, 1.807) is 11.0 Å². The van der Waals surface area contributed by atoms with Gasteiger partial charge in [0.2, 0.25) is 0 Å². The van der Waals surface area contributed by atoms with E-state index in [1.807, 2.05) is 0 Å². The Labute approximate surface area is 124 Å². The molecule has 0 saturated heterocycles. The molecule has 20 heavy (non-hydrogen) atoms. The summed E-state index contributed by atoms with van der Waals surface area (Å²) in [7, 11) is 0. The summed E-state index contributed by atoms with van der Waals surface area (Å²) in [4.78, 5) is 24.7. The van der Waals surface area contributed by atoms with Gasteiger partial charge in [-0.2, -0.15) is 0 Å². The lowest BCUT2D eigenvalue weighted by atomic mass is 10.2. The first kappa shape index (κ1) is 14.8. The van der Waals surface area contributed by atoms with Crippen LogP contribution in [0, 0.1) is 0 Å². The Morgan fingerprint density at radius 2 is 2.05 bits per heavy atom. The molecule has 1 aromatic rings. The number of carbonyl (C=O) groups is 2. The molecule has 1 fully saturated rings. The van der Waals surface area contributed by atoms with Crippen molar-refractivity contribution in [3.05, 3.63) is 28.2 Å². The number of aromatic carboxylic acids is 1. The van der Waals surface area contributed by atoms with Gasteiger partial charge in [-0.1, -0.05) is 15.9 Å². The van der Waals surface area contributed by atoms with Crippen LogP contribution < -0.4 is 5.32 Å². The van der Waals surface area contributed by atoms with Crippen LogP contribution in [0.2, 0.25) is 0 Å². The van der Waals surface area contributed by atoms with Crippen LogP contribution in [0.4, 0.5) is 10.5 Å². The smallest absolute Gasteiger partial charge is 0.335 e. The zero-order valence-corrected chi connectivity index (χ0v) is 12.3. The van der Waals surface area contributed by atoms with Crippen LogP contribution >= 0.6 is 15.9 Å². The number of rotatable bonds is 5. The molecule has 6 nitrogen and oxygen atoms in total. The number of hydrogen-bond acceptors (Lipinski definition) is 3. The summed E-state index contributed by atoms with van der Waals surface area (Å²) in [6, 6.07) is 4.34. The minimum absolute atomic E-state index is 0.0924. The fourth-order valence-electron chi connectivity index (χ4n) is 1.92. The average molecular weight is 343 g/mol. The van der Waals surface area contributed by atoms with Crippen LogP contribution in [0.1, 0.15) is 23.2 Å². The number of anilines is 1. The van der Waals surface area contributed by atoms with Crippen LogP contribution in [0.5, 0.6) is 0 Å². The fraction of sp³-hybridized carbons (Fsp3) is 0.385. The predicted octanol–water partition coefficient (Wildman–Crippen LogP) is 2.14. The number of carboxylic acid groups (broad SMARTS) is 1. The summed E-state index contributed by atoms with van der Waals surface area (Å²) in [6.45, 7) is 0.180. The van der Waals surface area contributed by atoms with Gasteiger partial charge in [0.25, 0.3) is 0 Å². The second-order valence-electron chi connectivity index (χ2n) is 4.61. The first-order valence-electron chi connectivity index (χ1n) is 6.23. The summed E-state index contributed by atoms with van der Waals surface area (Å²) in [5, 5.41) is 20.6. The van der Waals surface area contributed by atoms with Crippen LogP contribution in [-0.4, -0.2) is 46.3 Å². The standard InChI is InChI=1S/C13H15BrN2O4/c14-9-5-8(12(18)19)6-10(7-9)15-13(20)16(3-4-17)11-1-2-11/h5-7,11,17H,1-4H2,(H,15,20)(H,18,19). The molecule has 108 valence electrons. The van der Waals surface area contributed by atoms with E-state index in [1.165, 1.54) is 12.1 Å². The topological polar surface area (TPSA) is 89.9 Å². The first-order chi connectivity index (χ1) is 9.51. The van der Waals surface area contributed by atoms with Crippen molar-refractivity contribution in [1.29, 1.82) is 0 Å². The van der Waals surface area contributed by atoms with Crippen molar-refractivity contribution in [3.63, 3.8) is 0 Å². The lowest BCUT2D eigenvalue weighted by molar-refractivity contribution is 0.0696. The van der Waals surface area contributed by atoms with Gasteiger partial charge in [-0.15, -0.1) is 0 Å². The quantitative estimate of drug-likeness (QED) is 0.764. The van der Waals surface area contributed by atoms with Crippen molar-refractivity contribution in [1.82, 2.24) is 4.90 Å².